The van der Waals surface area contributed by atoms with Crippen LogP contribution in [0.4, 0.5) is 0 Å². The zero-order valence-corrected chi connectivity index (χ0v) is 11.5. The van der Waals surface area contributed by atoms with E-state index >= 15 is 0 Å². The van der Waals surface area contributed by atoms with Gasteiger partial charge in [-0.25, -0.2) is 5.84 Å². The van der Waals surface area contributed by atoms with Crippen molar-refractivity contribution in [1.29, 1.82) is 0 Å². The smallest absolute Gasteiger partial charge is 0.287 e. The van der Waals surface area contributed by atoms with Gasteiger partial charge in [-0.3, -0.25) is 19.9 Å². The second-order valence-electron chi connectivity index (χ2n) is 4.79. The molecule has 20 heavy (non-hydrogen) atoms. The van der Waals surface area contributed by atoms with Gasteiger partial charge in [-0.1, -0.05) is 5.16 Å². The summed E-state index contributed by atoms with van der Waals surface area (Å²) >= 11 is 0. The van der Waals surface area contributed by atoms with Crippen molar-refractivity contribution in [3.05, 3.63) is 17.5 Å². The third kappa shape index (κ3) is 3.55. The van der Waals surface area contributed by atoms with Crippen molar-refractivity contribution in [1.82, 2.24) is 20.4 Å². The number of hydrogen-bond acceptors (Lipinski definition) is 6. The van der Waals surface area contributed by atoms with Crippen LogP contribution in [0.15, 0.2) is 10.6 Å². The van der Waals surface area contributed by atoms with Gasteiger partial charge >= 0.3 is 0 Å². The first-order valence-corrected chi connectivity index (χ1v) is 6.54. The largest absolute Gasteiger partial charge is 0.359 e. The van der Waals surface area contributed by atoms with E-state index in [0.29, 0.717) is 18.8 Å². The highest BCUT2D eigenvalue weighted by Gasteiger charge is 2.18. The Labute approximate surface area is 116 Å². The van der Waals surface area contributed by atoms with Gasteiger partial charge in [0.2, 0.25) is 5.91 Å². The molecule has 1 aromatic heterocycles. The third-order valence-corrected chi connectivity index (χ3v) is 3.34. The van der Waals surface area contributed by atoms with E-state index in [1.165, 1.54) is 0 Å². The molecular weight excluding hydrogens is 262 g/mol. The Morgan fingerprint density at radius 2 is 2.20 bits per heavy atom. The van der Waals surface area contributed by atoms with E-state index in [2.05, 4.69) is 10.1 Å². The van der Waals surface area contributed by atoms with E-state index in [-0.39, 0.29) is 11.6 Å². The van der Waals surface area contributed by atoms with Crippen LogP contribution in [0.2, 0.25) is 0 Å². The molecular formula is C12H19N5O3. The topological polar surface area (TPSA) is 105 Å². The van der Waals surface area contributed by atoms with Crippen LogP contribution in [0.3, 0.4) is 0 Å². The van der Waals surface area contributed by atoms with Gasteiger partial charge < -0.3 is 9.42 Å². The minimum absolute atomic E-state index is 0.105. The summed E-state index contributed by atoms with van der Waals surface area (Å²) in [5.41, 5.74) is 2.18. The standard InChI is InChI=1S/C12H19N5O3/c1-9(18)17-4-2-3-16(5-6-17)8-10-7-11(15-20-10)12(19)14-13/h7H,2-6,8,13H2,1H3,(H,14,19). The Morgan fingerprint density at radius 3 is 2.90 bits per heavy atom. The minimum Gasteiger partial charge on any atom is -0.359 e. The summed E-state index contributed by atoms with van der Waals surface area (Å²) in [5.74, 6) is 5.28. The zero-order valence-electron chi connectivity index (χ0n) is 11.5. The lowest BCUT2D eigenvalue weighted by Gasteiger charge is -2.19. The molecule has 0 aliphatic carbocycles. The summed E-state index contributed by atoms with van der Waals surface area (Å²) in [7, 11) is 0. The summed E-state index contributed by atoms with van der Waals surface area (Å²) in [4.78, 5) is 26.6. The fraction of sp³-hybridized carbons (Fsp3) is 0.583. The predicted octanol–water partition coefficient (Wildman–Crippen LogP) is -0.668. The summed E-state index contributed by atoms with van der Waals surface area (Å²) in [6, 6.07) is 1.58. The van der Waals surface area contributed by atoms with Crippen molar-refractivity contribution in [2.24, 2.45) is 5.84 Å². The molecule has 1 saturated heterocycles. The molecule has 0 atom stereocenters. The van der Waals surface area contributed by atoms with Crippen LogP contribution >= 0.6 is 0 Å². The number of nitrogens with zero attached hydrogens (tertiary/aromatic N) is 3. The van der Waals surface area contributed by atoms with Crippen LogP contribution < -0.4 is 11.3 Å². The van der Waals surface area contributed by atoms with Crippen LogP contribution in [-0.2, 0) is 11.3 Å². The number of carbonyl (C=O) groups excluding carboxylic acids is 2. The van der Waals surface area contributed by atoms with Crippen LogP contribution in [-0.4, -0.2) is 52.9 Å². The van der Waals surface area contributed by atoms with E-state index < -0.39 is 5.91 Å². The third-order valence-electron chi connectivity index (χ3n) is 3.34. The number of hydrazine groups is 1. The molecule has 1 aliphatic rings. The number of rotatable bonds is 3. The average molecular weight is 281 g/mol. The normalized spacial score (nSPS) is 16.8. The summed E-state index contributed by atoms with van der Waals surface area (Å²) in [5, 5.41) is 3.66. The van der Waals surface area contributed by atoms with E-state index in [9.17, 15) is 9.59 Å². The van der Waals surface area contributed by atoms with Gasteiger partial charge in [0.05, 0.1) is 6.54 Å². The van der Waals surface area contributed by atoms with Gasteiger partial charge in [0, 0.05) is 39.2 Å². The molecule has 2 rings (SSSR count). The highest BCUT2D eigenvalue weighted by Crippen LogP contribution is 2.10. The van der Waals surface area contributed by atoms with Crippen LogP contribution in [0, 0.1) is 0 Å². The Morgan fingerprint density at radius 1 is 1.40 bits per heavy atom. The molecule has 8 nitrogen and oxygen atoms in total. The molecule has 3 N–H and O–H groups in total. The van der Waals surface area contributed by atoms with Crippen molar-refractivity contribution in [3.63, 3.8) is 0 Å². The maximum absolute atomic E-state index is 11.4. The molecule has 1 aromatic rings. The molecule has 110 valence electrons. The lowest BCUT2D eigenvalue weighted by Crippen LogP contribution is -2.33. The quantitative estimate of drug-likeness (QED) is 0.432. The van der Waals surface area contributed by atoms with Crippen molar-refractivity contribution in [3.8, 4) is 0 Å². The second kappa shape index (κ2) is 6.49. The van der Waals surface area contributed by atoms with Crippen molar-refractivity contribution >= 4 is 11.8 Å². The lowest BCUT2D eigenvalue weighted by atomic mass is 10.3. The van der Waals surface area contributed by atoms with Gasteiger partial charge in [0.1, 0.15) is 0 Å². The Kier molecular flexibility index (Phi) is 4.70. The zero-order chi connectivity index (χ0) is 14.5. The molecule has 0 saturated carbocycles. The van der Waals surface area contributed by atoms with Gasteiger partial charge in [-0.15, -0.1) is 0 Å². The number of carbonyl (C=O) groups is 2. The number of hydrogen-bond donors (Lipinski definition) is 2. The molecule has 2 amide bonds. The van der Waals surface area contributed by atoms with Crippen LogP contribution in [0.25, 0.3) is 0 Å². The first-order chi connectivity index (χ1) is 9.60. The summed E-state index contributed by atoms with van der Waals surface area (Å²) < 4.78 is 5.12. The number of amides is 2. The van der Waals surface area contributed by atoms with Gasteiger partial charge in [-0.2, -0.15) is 0 Å². The first kappa shape index (κ1) is 14.5. The maximum atomic E-state index is 11.4. The molecule has 1 aliphatic heterocycles. The minimum atomic E-state index is -0.473. The molecule has 0 radical (unpaired) electrons. The van der Waals surface area contributed by atoms with Gasteiger partial charge in [-0.05, 0) is 6.42 Å². The highest BCUT2D eigenvalue weighted by molar-refractivity contribution is 5.91. The Hall–Kier alpha value is -1.93. The molecule has 0 spiro atoms. The average Bonchev–Trinajstić information content (AvgIpc) is 2.76. The molecule has 2 heterocycles. The number of nitrogens with two attached hydrogens (primary N) is 1. The fourth-order valence-electron chi connectivity index (χ4n) is 2.23. The number of nitrogens with one attached hydrogen (secondary N) is 1. The summed E-state index contributed by atoms with van der Waals surface area (Å²) in [6.45, 7) is 5.30. The number of aromatic nitrogens is 1. The molecule has 1 fully saturated rings. The van der Waals surface area contributed by atoms with E-state index in [1.807, 2.05) is 10.3 Å². The molecule has 0 aromatic carbocycles. The van der Waals surface area contributed by atoms with Crippen LogP contribution in [0.5, 0.6) is 0 Å². The van der Waals surface area contributed by atoms with E-state index in [4.69, 9.17) is 10.4 Å². The van der Waals surface area contributed by atoms with Crippen molar-refractivity contribution in [2.45, 2.75) is 19.9 Å². The fourth-order valence-corrected chi connectivity index (χ4v) is 2.23. The lowest BCUT2D eigenvalue weighted by molar-refractivity contribution is -0.128. The van der Waals surface area contributed by atoms with Crippen molar-refractivity contribution < 1.29 is 14.1 Å². The van der Waals surface area contributed by atoms with Gasteiger partial charge in [0.15, 0.2) is 11.5 Å². The monoisotopic (exact) mass is 281 g/mol. The van der Waals surface area contributed by atoms with E-state index in [0.717, 1.165) is 26.1 Å². The van der Waals surface area contributed by atoms with Crippen LogP contribution in [0.1, 0.15) is 29.6 Å². The Bertz CT molecular complexity index is 487. The SMILES string of the molecule is CC(=O)N1CCCN(Cc2cc(C(=O)NN)no2)CC1. The predicted molar refractivity (Wildman–Crippen MR) is 70.3 cm³/mol. The summed E-state index contributed by atoms with van der Waals surface area (Å²) in [6.07, 6.45) is 0.920. The molecule has 8 heteroatoms. The first-order valence-electron chi connectivity index (χ1n) is 6.54. The highest BCUT2D eigenvalue weighted by atomic mass is 16.5. The van der Waals surface area contributed by atoms with Crippen molar-refractivity contribution in [2.75, 3.05) is 26.2 Å². The Balaban J connectivity index is 1.91. The second-order valence-corrected chi connectivity index (χ2v) is 4.79. The molecule has 0 bridgehead atoms. The number of nitrogen functional groups attached to an aromatic ring is 1. The maximum Gasteiger partial charge on any atom is 0.287 e. The van der Waals surface area contributed by atoms with E-state index in [1.54, 1.807) is 13.0 Å². The van der Waals surface area contributed by atoms with Gasteiger partial charge in [0.25, 0.3) is 5.91 Å². The molecule has 0 unspecified atom stereocenters.